The highest BCUT2D eigenvalue weighted by molar-refractivity contribution is 6.26. The summed E-state index contributed by atoms with van der Waals surface area (Å²) in [5, 5.41) is 17.1. The number of benzene rings is 4. The molecule has 0 amide bonds. The summed E-state index contributed by atoms with van der Waals surface area (Å²) in [6.07, 6.45) is 2.36. The molecule has 0 radical (unpaired) electrons. The monoisotopic (exact) mass is 315 g/mol. The van der Waals surface area contributed by atoms with Gasteiger partial charge >= 0.3 is 0 Å². The van der Waals surface area contributed by atoms with Crippen molar-refractivity contribution in [1.29, 1.82) is 0 Å². The van der Waals surface area contributed by atoms with Crippen LogP contribution in [0.5, 0.6) is 0 Å². The molecule has 116 valence electrons. The number of hydrogen-bond donors (Lipinski definition) is 0. The van der Waals surface area contributed by atoms with Crippen molar-refractivity contribution in [1.82, 2.24) is 0 Å². The van der Waals surface area contributed by atoms with E-state index in [1.165, 1.54) is 0 Å². The van der Waals surface area contributed by atoms with Crippen LogP contribution < -0.4 is 0 Å². The number of nitro groups is 1. The molecule has 0 aromatic heterocycles. The Labute approximate surface area is 137 Å². The van der Waals surface area contributed by atoms with Crippen molar-refractivity contribution in [3.05, 3.63) is 63.7 Å². The summed E-state index contributed by atoms with van der Waals surface area (Å²) < 4.78 is 0. The topological polar surface area (TPSA) is 60.2 Å². The fraction of sp³-hybridized carbons (Fsp3) is 0.150. The van der Waals surface area contributed by atoms with Crippen molar-refractivity contribution < 1.29 is 9.72 Å². The van der Waals surface area contributed by atoms with E-state index >= 15 is 0 Å². The molecule has 24 heavy (non-hydrogen) atoms. The number of nitro benzene ring substituents is 1. The fourth-order valence-corrected chi connectivity index (χ4v) is 4.16. The Balaban J connectivity index is 2.04. The Morgan fingerprint density at radius 2 is 1.58 bits per heavy atom. The summed E-state index contributed by atoms with van der Waals surface area (Å²) in [6, 6.07) is 13.1. The maximum atomic E-state index is 12.3. The number of Topliss-reactive ketones (excluding diaryl/α,β-unsaturated/α-hetero) is 1. The molecule has 0 heterocycles. The second kappa shape index (κ2) is 4.51. The summed E-state index contributed by atoms with van der Waals surface area (Å²) in [4.78, 5) is 23.4. The highest BCUT2D eigenvalue weighted by Gasteiger charge is 2.23. The first-order valence-electron chi connectivity index (χ1n) is 8.06. The van der Waals surface area contributed by atoms with Crippen LogP contribution in [0.25, 0.3) is 32.3 Å². The van der Waals surface area contributed by atoms with E-state index < -0.39 is 0 Å². The molecule has 0 saturated heterocycles. The molecular weight excluding hydrogens is 302 g/mol. The maximum Gasteiger partial charge on any atom is 0.277 e. The Morgan fingerprint density at radius 1 is 0.875 bits per heavy atom. The van der Waals surface area contributed by atoms with E-state index in [9.17, 15) is 14.9 Å². The zero-order chi connectivity index (χ0) is 16.4. The molecule has 4 heteroatoms. The van der Waals surface area contributed by atoms with E-state index in [1.807, 2.05) is 30.3 Å². The first-order valence-corrected chi connectivity index (χ1v) is 8.06. The number of carbonyl (C=O) groups excluding carboxylic acids is 1. The smallest absolute Gasteiger partial charge is 0.277 e. The molecule has 1 aliphatic rings. The van der Waals surface area contributed by atoms with Crippen molar-refractivity contribution >= 4 is 43.8 Å². The molecule has 0 atom stereocenters. The van der Waals surface area contributed by atoms with Crippen molar-refractivity contribution in [2.75, 3.05) is 0 Å². The van der Waals surface area contributed by atoms with Crippen LogP contribution >= 0.6 is 0 Å². The minimum absolute atomic E-state index is 0.130. The second-order valence-corrected chi connectivity index (χ2v) is 6.44. The lowest BCUT2D eigenvalue weighted by molar-refractivity contribution is -0.383. The molecule has 5 rings (SSSR count). The van der Waals surface area contributed by atoms with Gasteiger partial charge in [0.1, 0.15) is 0 Å². The number of ketones is 1. The molecule has 0 saturated carbocycles. The molecule has 4 aromatic carbocycles. The van der Waals surface area contributed by atoms with Gasteiger partial charge in [0.2, 0.25) is 0 Å². The lowest BCUT2D eigenvalue weighted by atomic mass is 9.83. The number of non-ortho nitro benzene ring substituents is 1. The standard InChI is InChI=1S/C20H13NO3/c22-18-3-1-2-13-14-7-4-11-6-9-17(21(23)24)15-8-5-12(10-16(13)18)20(14)19(11)15/h4-10H,1-3H2. The lowest BCUT2D eigenvalue weighted by Gasteiger charge is -2.20. The van der Waals surface area contributed by atoms with Gasteiger partial charge in [0, 0.05) is 23.4 Å². The van der Waals surface area contributed by atoms with E-state index in [-0.39, 0.29) is 16.4 Å². The molecular formula is C20H13NO3. The average molecular weight is 315 g/mol. The van der Waals surface area contributed by atoms with Gasteiger partial charge in [-0.3, -0.25) is 14.9 Å². The molecule has 4 nitrogen and oxygen atoms in total. The molecule has 0 fully saturated rings. The molecule has 0 spiro atoms. The third-order valence-electron chi connectivity index (χ3n) is 5.20. The van der Waals surface area contributed by atoms with Gasteiger partial charge in [0.05, 0.1) is 10.3 Å². The minimum atomic E-state index is -0.328. The molecule has 0 bridgehead atoms. The van der Waals surface area contributed by atoms with E-state index in [0.29, 0.717) is 11.8 Å². The molecule has 0 aliphatic heterocycles. The van der Waals surface area contributed by atoms with Crippen LogP contribution in [0.2, 0.25) is 0 Å². The normalized spacial score (nSPS) is 14.6. The Morgan fingerprint density at radius 3 is 2.42 bits per heavy atom. The SMILES string of the molecule is O=C1CCCc2c1cc1ccc3c([N+](=O)[O-])ccc4ccc2c1c43. The third-order valence-corrected chi connectivity index (χ3v) is 5.20. The summed E-state index contributed by atoms with van der Waals surface area (Å²) >= 11 is 0. The predicted octanol–water partition coefficient (Wildman–Crippen LogP) is 5.01. The van der Waals surface area contributed by atoms with Crippen LogP contribution in [0.4, 0.5) is 5.69 Å². The largest absolute Gasteiger partial charge is 0.294 e. The van der Waals surface area contributed by atoms with Crippen molar-refractivity contribution in [3.63, 3.8) is 0 Å². The number of nitrogens with zero attached hydrogens (tertiary/aromatic N) is 1. The van der Waals surface area contributed by atoms with Crippen LogP contribution in [0.15, 0.2) is 42.5 Å². The predicted molar refractivity (Wildman–Crippen MR) is 94.1 cm³/mol. The van der Waals surface area contributed by atoms with Crippen LogP contribution in [0.1, 0.15) is 28.8 Å². The van der Waals surface area contributed by atoms with E-state index in [2.05, 4.69) is 6.07 Å². The Kier molecular flexibility index (Phi) is 2.52. The number of carbonyl (C=O) groups is 1. The molecule has 1 aliphatic carbocycles. The van der Waals surface area contributed by atoms with Crippen molar-refractivity contribution in [2.24, 2.45) is 0 Å². The fourth-order valence-electron chi connectivity index (χ4n) is 4.16. The molecule has 0 N–H and O–H groups in total. The van der Waals surface area contributed by atoms with Crippen LogP contribution in [-0.4, -0.2) is 10.7 Å². The average Bonchev–Trinajstić information content (AvgIpc) is 2.59. The van der Waals surface area contributed by atoms with Gasteiger partial charge in [0.25, 0.3) is 5.69 Å². The van der Waals surface area contributed by atoms with E-state index in [4.69, 9.17) is 0 Å². The zero-order valence-corrected chi connectivity index (χ0v) is 12.8. The van der Waals surface area contributed by atoms with Gasteiger partial charge < -0.3 is 0 Å². The quantitative estimate of drug-likeness (QED) is 0.282. The second-order valence-electron chi connectivity index (χ2n) is 6.44. The molecule has 4 aromatic rings. The van der Waals surface area contributed by atoms with Crippen LogP contribution in [0.3, 0.4) is 0 Å². The minimum Gasteiger partial charge on any atom is -0.294 e. The van der Waals surface area contributed by atoms with Gasteiger partial charge in [-0.1, -0.05) is 18.2 Å². The maximum absolute atomic E-state index is 12.3. The van der Waals surface area contributed by atoms with Gasteiger partial charge in [-0.25, -0.2) is 0 Å². The van der Waals surface area contributed by atoms with Crippen LogP contribution in [-0.2, 0) is 6.42 Å². The molecule has 0 unspecified atom stereocenters. The number of rotatable bonds is 1. The number of fused-ring (bicyclic) bond motifs is 2. The number of aryl methyl sites for hydroxylation is 1. The van der Waals surface area contributed by atoms with Gasteiger partial charge in [-0.2, -0.15) is 0 Å². The summed E-state index contributed by atoms with van der Waals surface area (Å²) in [7, 11) is 0. The Hall–Kier alpha value is -3.01. The summed E-state index contributed by atoms with van der Waals surface area (Å²) in [5.74, 6) is 0.202. The first-order chi connectivity index (χ1) is 11.6. The summed E-state index contributed by atoms with van der Waals surface area (Å²) in [6.45, 7) is 0. The number of hydrogen-bond acceptors (Lipinski definition) is 3. The highest BCUT2D eigenvalue weighted by atomic mass is 16.6. The Bertz CT molecular complexity index is 1180. The van der Waals surface area contributed by atoms with Crippen molar-refractivity contribution in [3.8, 4) is 0 Å². The van der Waals surface area contributed by atoms with Crippen LogP contribution in [0, 0.1) is 10.1 Å². The zero-order valence-electron chi connectivity index (χ0n) is 12.8. The van der Waals surface area contributed by atoms with Gasteiger partial charge in [-0.15, -0.1) is 0 Å². The first kappa shape index (κ1) is 13.4. The van der Waals surface area contributed by atoms with Gasteiger partial charge in [-0.05, 0) is 58.1 Å². The highest BCUT2D eigenvalue weighted by Crippen LogP contribution is 2.41. The van der Waals surface area contributed by atoms with E-state index in [0.717, 1.165) is 50.9 Å². The van der Waals surface area contributed by atoms with E-state index in [1.54, 1.807) is 6.07 Å². The summed E-state index contributed by atoms with van der Waals surface area (Å²) in [5.41, 5.74) is 2.05. The van der Waals surface area contributed by atoms with Gasteiger partial charge in [0.15, 0.2) is 5.78 Å². The third kappa shape index (κ3) is 1.60. The van der Waals surface area contributed by atoms with Crippen molar-refractivity contribution in [2.45, 2.75) is 19.3 Å². The lowest BCUT2D eigenvalue weighted by Crippen LogP contribution is -2.11.